The zero-order valence-electron chi connectivity index (χ0n) is 14.9. The Balaban J connectivity index is 1.31. The van der Waals surface area contributed by atoms with E-state index in [1.54, 1.807) is 11.8 Å². The Kier molecular flexibility index (Phi) is 4.92. The number of hydrogen-bond acceptors (Lipinski definition) is 5. The van der Waals surface area contributed by atoms with Crippen LogP contribution in [-0.4, -0.2) is 39.2 Å². The lowest BCUT2D eigenvalue weighted by molar-refractivity contribution is -0.118. The number of carbonyl (C=O) groups excluding carboxylic acids is 2. The molecule has 0 bridgehead atoms. The quantitative estimate of drug-likeness (QED) is 0.801. The molecule has 2 aromatic rings. The van der Waals surface area contributed by atoms with E-state index in [2.05, 4.69) is 20.3 Å². The summed E-state index contributed by atoms with van der Waals surface area (Å²) in [6, 6.07) is 7.73. The normalized spacial score (nSPS) is 19.2. The number of nitrogens with zero attached hydrogens (tertiary/aromatic N) is 2. The van der Waals surface area contributed by atoms with Gasteiger partial charge < -0.3 is 10.3 Å². The van der Waals surface area contributed by atoms with E-state index in [-0.39, 0.29) is 23.5 Å². The van der Waals surface area contributed by atoms with Crippen molar-refractivity contribution in [1.82, 2.24) is 4.98 Å². The standard InChI is InChI=1S/C19H18N4O2S2/c1-10-11(2)27-19-17(10)18(25)22-15(23-19)8-26-9-16(24)21-13-4-3-12-5-6-20-14(12)7-13/h3-7,17,20H,8-9H2,1-2H3,(H,21,24). The van der Waals surface area contributed by atoms with Gasteiger partial charge >= 0.3 is 0 Å². The Labute approximate surface area is 165 Å². The Bertz CT molecular complexity index is 1040. The number of H-pyrrole nitrogens is 1. The fourth-order valence-electron chi connectivity index (χ4n) is 3.03. The highest BCUT2D eigenvalue weighted by Crippen LogP contribution is 2.40. The van der Waals surface area contributed by atoms with E-state index < -0.39 is 0 Å². The number of anilines is 1. The molecule has 2 aliphatic rings. The molecule has 2 aliphatic heterocycles. The maximum atomic E-state index is 12.3. The van der Waals surface area contributed by atoms with Crippen LogP contribution < -0.4 is 5.32 Å². The Hall–Kier alpha value is -2.32. The molecule has 138 valence electrons. The lowest BCUT2D eigenvalue weighted by Gasteiger charge is -2.14. The Morgan fingerprint density at radius 1 is 1.30 bits per heavy atom. The molecule has 0 saturated carbocycles. The molecular formula is C19H18N4O2S2. The van der Waals surface area contributed by atoms with Crippen molar-refractivity contribution in [2.45, 2.75) is 13.8 Å². The van der Waals surface area contributed by atoms with Gasteiger partial charge in [0.1, 0.15) is 11.8 Å². The zero-order valence-corrected chi connectivity index (χ0v) is 16.5. The van der Waals surface area contributed by atoms with Crippen LogP contribution in [0, 0.1) is 5.92 Å². The number of aliphatic imine (C=N–C) groups is 2. The number of amides is 2. The molecule has 0 fully saturated rings. The van der Waals surface area contributed by atoms with Crippen molar-refractivity contribution in [1.29, 1.82) is 0 Å². The van der Waals surface area contributed by atoms with Crippen molar-refractivity contribution in [3.63, 3.8) is 0 Å². The summed E-state index contributed by atoms with van der Waals surface area (Å²) in [5.41, 5.74) is 2.77. The number of fused-ring (bicyclic) bond motifs is 2. The zero-order chi connectivity index (χ0) is 19.0. The largest absolute Gasteiger partial charge is 0.361 e. The number of aromatic amines is 1. The fourth-order valence-corrected chi connectivity index (χ4v) is 4.84. The number of rotatable bonds is 5. The molecule has 4 rings (SSSR count). The summed E-state index contributed by atoms with van der Waals surface area (Å²) >= 11 is 2.94. The number of benzene rings is 1. The maximum Gasteiger partial charge on any atom is 0.261 e. The summed E-state index contributed by atoms with van der Waals surface area (Å²) in [5, 5.41) is 4.80. The molecule has 2 N–H and O–H groups in total. The van der Waals surface area contributed by atoms with E-state index in [0.717, 1.165) is 32.1 Å². The van der Waals surface area contributed by atoms with E-state index in [9.17, 15) is 9.59 Å². The van der Waals surface area contributed by atoms with Gasteiger partial charge in [0.25, 0.3) is 5.91 Å². The average molecular weight is 399 g/mol. The first-order valence-electron chi connectivity index (χ1n) is 8.51. The number of carbonyl (C=O) groups is 2. The van der Waals surface area contributed by atoms with Gasteiger partial charge in [-0.05, 0) is 47.9 Å². The third-order valence-electron chi connectivity index (χ3n) is 4.52. The van der Waals surface area contributed by atoms with Crippen molar-refractivity contribution in [3.8, 4) is 0 Å². The van der Waals surface area contributed by atoms with Crippen molar-refractivity contribution in [3.05, 3.63) is 40.9 Å². The van der Waals surface area contributed by atoms with Gasteiger partial charge in [0.15, 0.2) is 0 Å². The van der Waals surface area contributed by atoms with Gasteiger partial charge in [0.2, 0.25) is 5.91 Å². The Morgan fingerprint density at radius 3 is 3.00 bits per heavy atom. The lowest BCUT2D eigenvalue weighted by atomic mass is 10.0. The van der Waals surface area contributed by atoms with Gasteiger partial charge in [0, 0.05) is 17.4 Å². The van der Waals surface area contributed by atoms with Crippen LogP contribution in [0.15, 0.2) is 50.9 Å². The van der Waals surface area contributed by atoms with Crippen LogP contribution in [0.25, 0.3) is 10.9 Å². The molecule has 0 aliphatic carbocycles. The highest BCUT2D eigenvalue weighted by atomic mass is 32.2. The third-order valence-corrected chi connectivity index (χ3v) is 6.61. The van der Waals surface area contributed by atoms with E-state index in [0.29, 0.717) is 11.6 Å². The molecule has 8 heteroatoms. The van der Waals surface area contributed by atoms with E-state index in [1.807, 2.05) is 44.3 Å². The molecule has 6 nitrogen and oxygen atoms in total. The average Bonchev–Trinajstić information content (AvgIpc) is 3.19. The molecule has 1 unspecified atom stereocenters. The van der Waals surface area contributed by atoms with Gasteiger partial charge in [0.05, 0.1) is 16.5 Å². The summed E-state index contributed by atoms with van der Waals surface area (Å²) in [6.07, 6.45) is 1.87. The van der Waals surface area contributed by atoms with Gasteiger partial charge in [-0.3, -0.25) is 9.59 Å². The van der Waals surface area contributed by atoms with Gasteiger partial charge in [-0.25, -0.2) is 4.99 Å². The molecule has 0 radical (unpaired) electrons. The molecule has 1 aromatic heterocycles. The smallest absolute Gasteiger partial charge is 0.261 e. The second-order valence-corrected chi connectivity index (χ2v) is 8.63. The monoisotopic (exact) mass is 398 g/mol. The predicted molar refractivity (Wildman–Crippen MR) is 114 cm³/mol. The van der Waals surface area contributed by atoms with Crippen molar-refractivity contribution in [2.24, 2.45) is 15.9 Å². The van der Waals surface area contributed by atoms with E-state index in [1.165, 1.54) is 11.8 Å². The number of aromatic nitrogens is 1. The van der Waals surface area contributed by atoms with Crippen LogP contribution in [0.4, 0.5) is 5.69 Å². The molecule has 0 spiro atoms. The summed E-state index contributed by atoms with van der Waals surface area (Å²) in [6.45, 7) is 3.95. The molecule has 27 heavy (non-hydrogen) atoms. The minimum atomic E-state index is -0.296. The molecular weight excluding hydrogens is 380 g/mol. The maximum absolute atomic E-state index is 12.3. The highest BCUT2D eigenvalue weighted by Gasteiger charge is 2.36. The topological polar surface area (TPSA) is 86.7 Å². The Morgan fingerprint density at radius 2 is 2.15 bits per heavy atom. The minimum absolute atomic E-state index is 0.0947. The van der Waals surface area contributed by atoms with Crippen LogP contribution in [0.1, 0.15) is 13.8 Å². The third kappa shape index (κ3) is 3.72. The van der Waals surface area contributed by atoms with Crippen LogP contribution in [0.5, 0.6) is 0 Å². The van der Waals surface area contributed by atoms with Gasteiger partial charge in [-0.15, -0.1) is 11.8 Å². The number of thioether (sulfide) groups is 2. The predicted octanol–water partition coefficient (Wildman–Crippen LogP) is 3.83. The van der Waals surface area contributed by atoms with Crippen LogP contribution in [0.3, 0.4) is 0 Å². The number of nitrogens with one attached hydrogen (secondary N) is 2. The highest BCUT2D eigenvalue weighted by molar-refractivity contribution is 8.17. The molecule has 0 saturated heterocycles. The van der Waals surface area contributed by atoms with Crippen molar-refractivity contribution in [2.75, 3.05) is 16.8 Å². The number of hydrogen-bond donors (Lipinski definition) is 2. The first-order chi connectivity index (χ1) is 13.0. The van der Waals surface area contributed by atoms with Gasteiger partial charge in [-0.2, -0.15) is 4.99 Å². The molecule has 1 aromatic carbocycles. The summed E-state index contributed by atoms with van der Waals surface area (Å²) in [7, 11) is 0. The molecule has 2 amide bonds. The van der Waals surface area contributed by atoms with Crippen LogP contribution >= 0.6 is 23.5 Å². The fraction of sp³-hybridized carbons (Fsp3) is 0.263. The number of allylic oxidation sites excluding steroid dienone is 1. The second-order valence-electron chi connectivity index (χ2n) is 6.41. The van der Waals surface area contributed by atoms with E-state index in [4.69, 9.17) is 0 Å². The summed E-state index contributed by atoms with van der Waals surface area (Å²) < 4.78 is 0. The summed E-state index contributed by atoms with van der Waals surface area (Å²) in [5.74, 6) is 0.656. The first-order valence-corrected chi connectivity index (χ1v) is 10.5. The van der Waals surface area contributed by atoms with Gasteiger partial charge in [-0.1, -0.05) is 17.8 Å². The minimum Gasteiger partial charge on any atom is -0.361 e. The summed E-state index contributed by atoms with van der Waals surface area (Å²) in [4.78, 5) is 37.3. The SMILES string of the molecule is CC1=C(C)C2C(=O)N=C(CSCC(=O)Nc3ccc4cc[nH]c4c3)N=C2S1. The van der Waals surface area contributed by atoms with Crippen molar-refractivity contribution >= 4 is 62.8 Å². The number of amidine groups is 1. The van der Waals surface area contributed by atoms with Crippen LogP contribution in [0.2, 0.25) is 0 Å². The van der Waals surface area contributed by atoms with E-state index >= 15 is 0 Å². The van der Waals surface area contributed by atoms with Crippen LogP contribution in [-0.2, 0) is 9.59 Å². The van der Waals surface area contributed by atoms with Crippen molar-refractivity contribution < 1.29 is 9.59 Å². The molecule has 3 heterocycles. The first kappa shape index (κ1) is 18.1. The molecule has 1 atom stereocenters. The second kappa shape index (κ2) is 7.36. The lowest BCUT2D eigenvalue weighted by Crippen LogP contribution is -2.26.